The summed E-state index contributed by atoms with van der Waals surface area (Å²) in [6.07, 6.45) is 1.95. The van der Waals surface area contributed by atoms with Gasteiger partial charge in [0.25, 0.3) is 5.91 Å². The zero-order valence-electron chi connectivity index (χ0n) is 14.1. The van der Waals surface area contributed by atoms with E-state index >= 15 is 0 Å². The fraction of sp³-hybridized carbons (Fsp3) is 0.625. The number of amides is 1. The number of hydrogen-bond acceptors (Lipinski definition) is 5. The summed E-state index contributed by atoms with van der Waals surface area (Å²) < 4.78 is 7.17. The van der Waals surface area contributed by atoms with Crippen LogP contribution in [0, 0.1) is 13.8 Å². The molecule has 0 aromatic carbocycles. The Morgan fingerprint density at radius 3 is 2.78 bits per heavy atom. The lowest BCUT2D eigenvalue weighted by Gasteiger charge is -2.32. The van der Waals surface area contributed by atoms with E-state index in [1.165, 1.54) is 0 Å². The minimum Gasteiger partial charge on any atom is -0.351 e. The Morgan fingerprint density at radius 1 is 1.39 bits per heavy atom. The van der Waals surface area contributed by atoms with Crippen molar-refractivity contribution in [1.82, 2.24) is 24.8 Å². The SMILES string of the molecule is Cc1nc(C)n([C@@H]2CCCN(C(=O)c3cc(C(C)C)no3)C2)n1. The molecule has 23 heavy (non-hydrogen) atoms. The van der Waals surface area contributed by atoms with E-state index in [2.05, 4.69) is 15.2 Å². The summed E-state index contributed by atoms with van der Waals surface area (Å²) in [5.74, 6) is 2.13. The monoisotopic (exact) mass is 317 g/mol. The summed E-state index contributed by atoms with van der Waals surface area (Å²) >= 11 is 0. The van der Waals surface area contributed by atoms with Gasteiger partial charge in [-0.05, 0) is 32.6 Å². The van der Waals surface area contributed by atoms with Crippen LogP contribution in [0.5, 0.6) is 0 Å². The van der Waals surface area contributed by atoms with Crippen LogP contribution in [0.15, 0.2) is 10.6 Å². The molecule has 7 heteroatoms. The fourth-order valence-corrected chi connectivity index (χ4v) is 3.04. The van der Waals surface area contributed by atoms with Crippen molar-refractivity contribution < 1.29 is 9.32 Å². The van der Waals surface area contributed by atoms with Gasteiger partial charge in [-0.1, -0.05) is 19.0 Å². The molecule has 124 valence electrons. The molecule has 2 aromatic rings. The molecule has 0 saturated carbocycles. The van der Waals surface area contributed by atoms with E-state index in [4.69, 9.17) is 4.52 Å². The van der Waals surface area contributed by atoms with Crippen molar-refractivity contribution in [2.45, 2.75) is 52.5 Å². The molecule has 2 aromatic heterocycles. The van der Waals surface area contributed by atoms with Crippen molar-refractivity contribution in [2.24, 2.45) is 0 Å². The molecular weight excluding hydrogens is 294 g/mol. The largest absolute Gasteiger partial charge is 0.351 e. The van der Waals surface area contributed by atoms with Gasteiger partial charge in [-0.15, -0.1) is 0 Å². The summed E-state index contributed by atoms with van der Waals surface area (Å²) in [5, 5.41) is 8.44. The first kappa shape index (κ1) is 15.7. The summed E-state index contributed by atoms with van der Waals surface area (Å²) in [5.41, 5.74) is 0.810. The highest BCUT2D eigenvalue weighted by Crippen LogP contribution is 2.24. The normalized spacial score (nSPS) is 18.7. The minimum absolute atomic E-state index is 0.0939. The van der Waals surface area contributed by atoms with E-state index in [1.807, 2.05) is 37.3 Å². The van der Waals surface area contributed by atoms with Gasteiger partial charge in [0.1, 0.15) is 11.6 Å². The van der Waals surface area contributed by atoms with E-state index in [0.717, 1.165) is 36.7 Å². The van der Waals surface area contributed by atoms with Crippen LogP contribution in [0.3, 0.4) is 0 Å². The number of nitrogens with zero attached hydrogens (tertiary/aromatic N) is 5. The topological polar surface area (TPSA) is 77.0 Å². The van der Waals surface area contributed by atoms with Crippen molar-refractivity contribution in [3.63, 3.8) is 0 Å². The van der Waals surface area contributed by atoms with Crippen LogP contribution in [0.1, 0.15) is 66.5 Å². The first-order valence-corrected chi connectivity index (χ1v) is 8.11. The lowest BCUT2D eigenvalue weighted by atomic mass is 10.1. The van der Waals surface area contributed by atoms with Gasteiger partial charge in [-0.2, -0.15) is 5.10 Å². The van der Waals surface area contributed by atoms with Gasteiger partial charge in [-0.25, -0.2) is 9.67 Å². The molecule has 0 radical (unpaired) electrons. The van der Waals surface area contributed by atoms with Crippen molar-refractivity contribution in [3.8, 4) is 0 Å². The lowest BCUT2D eigenvalue weighted by Crippen LogP contribution is -2.41. The molecule has 1 aliphatic heterocycles. The molecule has 1 amide bonds. The smallest absolute Gasteiger partial charge is 0.292 e. The average molecular weight is 317 g/mol. The summed E-state index contributed by atoms with van der Waals surface area (Å²) in [6.45, 7) is 9.25. The zero-order chi connectivity index (χ0) is 16.6. The number of carbonyl (C=O) groups is 1. The molecular formula is C16H23N5O2. The van der Waals surface area contributed by atoms with Crippen LogP contribution in [0.4, 0.5) is 0 Å². The summed E-state index contributed by atoms with van der Waals surface area (Å²) in [6, 6.07) is 1.92. The van der Waals surface area contributed by atoms with Gasteiger partial charge in [0.05, 0.1) is 11.7 Å². The maximum absolute atomic E-state index is 12.6. The van der Waals surface area contributed by atoms with Gasteiger partial charge >= 0.3 is 0 Å². The van der Waals surface area contributed by atoms with Gasteiger partial charge in [0.2, 0.25) is 5.76 Å². The Kier molecular flexibility index (Phi) is 4.19. The molecule has 1 atom stereocenters. The number of aryl methyl sites for hydroxylation is 2. The highest BCUT2D eigenvalue weighted by atomic mass is 16.5. The second-order valence-corrected chi connectivity index (χ2v) is 6.47. The molecule has 1 aliphatic rings. The van der Waals surface area contributed by atoms with Crippen LogP contribution < -0.4 is 0 Å². The van der Waals surface area contributed by atoms with E-state index in [-0.39, 0.29) is 17.9 Å². The van der Waals surface area contributed by atoms with Crippen LogP contribution in [0.25, 0.3) is 0 Å². The van der Waals surface area contributed by atoms with E-state index < -0.39 is 0 Å². The van der Waals surface area contributed by atoms with Crippen LogP contribution in [-0.2, 0) is 0 Å². The average Bonchev–Trinajstić information content (AvgIpc) is 3.13. The number of carbonyl (C=O) groups excluding carboxylic acids is 1. The van der Waals surface area contributed by atoms with Gasteiger partial charge in [0, 0.05) is 19.2 Å². The molecule has 1 fully saturated rings. The quantitative estimate of drug-likeness (QED) is 0.869. The van der Waals surface area contributed by atoms with Gasteiger partial charge in [0.15, 0.2) is 0 Å². The Balaban J connectivity index is 1.75. The van der Waals surface area contributed by atoms with Crippen molar-refractivity contribution in [3.05, 3.63) is 29.2 Å². The Bertz CT molecular complexity index is 703. The van der Waals surface area contributed by atoms with E-state index in [9.17, 15) is 4.79 Å². The molecule has 7 nitrogen and oxygen atoms in total. The van der Waals surface area contributed by atoms with Gasteiger partial charge < -0.3 is 9.42 Å². The number of hydrogen-bond donors (Lipinski definition) is 0. The number of piperidine rings is 1. The first-order valence-electron chi connectivity index (χ1n) is 8.11. The zero-order valence-corrected chi connectivity index (χ0v) is 14.1. The molecule has 0 bridgehead atoms. The Morgan fingerprint density at radius 2 is 2.17 bits per heavy atom. The highest BCUT2D eigenvalue weighted by molar-refractivity contribution is 5.91. The maximum Gasteiger partial charge on any atom is 0.292 e. The van der Waals surface area contributed by atoms with Crippen molar-refractivity contribution in [1.29, 1.82) is 0 Å². The number of likely N-dealkylation sites (tertiary alicyclic amines) is 1. The fourth-order valence-electron chi connectivity index (χ4n) is 3.04. The first-order chi connectivity index (χ1) is 11.0. The predicted molar refractivity (Wildman–Crippen MR) is 84.3 cm³/mol. The second-order valence-electron chi connectivity index (χ2n) is 6.47. The standard InChI is InChI=1S/C16H23N5O2/c1-10(2)14-8-15(23-19-14)16(22)20-7-5-6-13(9-20)21-12(4)17-11(3)18-21/h8,10,13H,5-7,9H2,1-4H3/t13-/m1/s1. The summed E-state index contributed by atoms with van der Waals surface area (Å²) in [4.78, 5) is 18.8. The maximum atomic E-state index is 12.6. The Labute approximate surface area is 135 Å². The van der Waals surface area contributed by atoms with E-state index in [0.29, 0.717) is 12.3 Å². The third-order valence-corrected chi connectivity index (χ3v) is 4.27. The Hall–Kier alpha value is -2.18. The third-order valence-electron chi connectivity index (χ3n) is 4.27. The van der Waals surface area contributed by atoms with Gasteiger partial charge in [-0.3, -0.25) is 4.79 Å². The molecule has 1 saturated heterocycles. The van der Waals surface area contributed by atoms with Crippen LogP contribution >= 0.6 is 0 Å². The van der Waals surface area contributed by atoms with Crippen LogP contribution in [-0.4, -0.2) is 43.8 Å². The molecule has 3 heterocycles. The second kappa shape index (κ2) is 6.14. The number of rotatable bonds is 3. The van der Waals surface area contributed by atoms with Crippen LogP contribution in [0.2, 0.25) is 0 Å². The molecule has 0 spiro atoms. The van der Waals surface area contributed by atoms with Crippen molar-refractivity contribution >= 4 is 5.91 Å². The molecule has 3 rings (SSSR count). The molecule has 0 aliphatic carbocycles. The third kappa shape index (κ3) is 3.13. The highest BCUT2D eigenvalue weighted by Gasteiger charge is 2.29. The molecule has 0 unspecified atom stereocenters. The predicted octanol–water partition coefficient (Wildman–Crippen LogP) is 2.48. The lowest BCUT2D eigenvalue weighted by molar-refractivity contribution is 0.0629. The van der Waals surface area contributed by atoms with Crippen molar-refractivity contribution in [2.75, 3.05) is 13.1 Å². The number of aromatic nitrogens is 4. The van der Waals surface area contributed by atoms with E-state index in [1.54, 1.807) is 6.07 Å². The summed E-state index contributed by atoms with van der Waals surface area (Å²) in [7, 11) is 0. The molecule has 0 N–H and O–H groups in total. The minimum atomic E-state index is -0.0939.